The van der Waals surface area contributed by atoms with Crippen LogP contribution in [0.3, 0.4) is 0 Å². The van der Waals surface area contributed by atoms with Gasteiger partial charge in [-0.25, -0.2) is 4.79 Å². The molecule has 0 radical (unpaired) electrons. The van der Waals surface area contributed by atoms with Gasteiger partial charge in [-0.2, -0.15) is 5.26 Å². The Morgan fingerprint density at radius 1 is 1.69 bits per heavy atom. The molecule has 0 spiro atoms. The minimum atomic E-state index is -1.55. The van der Waals surface area contributed by atoms with Crippen molar-refractivity contribution in [3.8, 4) is 6.07 Å². The van der Waals surface area contributed by atoms with E-state index in [0.717, 1.165) is 0 Å². The second-order valence-electron chi connectivity index (χ2n) is 1.73. The summed E-state index contributed by atoms with van der Waals surface area (Å²) < 4.78 is 0. The monoisotopic (exact) mass is 185 g/mol. The second kappa shape index (κ2) is 5.54. The number of hydrogen-bond donors (Lipinski definition) is 2. The topological polar surface area (TPSA) is 112 Å². The van der Waals surface area contributed by atoms with Gasteiger partial charge in [0.1, 0.15) is 12.7 Å². The maximum Gasteiger partial charge on any atom is 0.411 e. The number of carboxylic acid groups (broad SMARTS) is 1. The molecule has 0 rings (SSSR count). The van der Waals surface area contributed by atoms with Gasteiger partial charge in [0, 0.05) is 0 Å². The third-order valence-corrected chi connectivity index (χ3v) is 0.826. The van der Waals surface area contributed by atoms with E-state index >= 15 is 0 Å². The highest BCUT2D eigenvalue weighted by Crippen LogP contribution is 1.81. The molecule has 0 aliphatic carbocycles. The molecule has 0 heterocycles. The first-order chi connectivity index (χ1) is 6.11. The van der Waals surface area contributed by atoms with E-state index in [0.29, 0.717) is 0 Å². The minimum Gasteiger partial charge on any atom is -0.465 e. The van der Waals surface area contributed by atoms with Crippen LogP contribution in [0.1, 0.15) is 6.92 Å². The van der Waals surface area contributed by atoms with Crippen molar-refractivity contribution in [2.75, 3.05) is 6.61 Å². The fraction of sp³-hybridized carbons (Fsp3) is 0.333. The number of rotatable bonds is 3. The van der Waals surface area contributed by atoms with Gasteiger partial charge in [-0.3, -0.25) is 10.1 Å². The van der Waals surface area contributed by atoms with Crippen LogP contribution in [0.25, 0.3) is 0 Å². The number of nitrogens with zero attached hydrogens (tertiary/aromatic N) is 2. The summed E-state index contributed by atoms with van der Waals surface area (Å²) >= 11 is 0. The summed E-state index contributed by atoms with van der Waals surface area (Å²) in [5.74, 6) is -1.11. The van der Waals surface area contributed by atoms with Crippen molar-refractivity contribution in [2.45, 2.75) is 6.92 Å². The molecule has 13 heavy (non-hydrogen) atoms. The highest BCUT2D eigenvalue weighted by atomic mass is 16.6. The molecule has 2 amide bonds. The molecule has 0 atom stereocenters. The van der Waals surface area contributed by atoms with Crippen LogP contribution < -0.4 is 5.32 Å². The van der Waals surface area contributed by atoms with Gasteiger partial charge in [-0.15, -0.1) is 0 Å². The van der Waals surface area contributed by atoms with Crippen molar-refractivity contribution in [1.29, 1.82) is 5.26 Å². The Morgan fingerprint density at radius 3 is 2.69 bits per heavy atom. The fourth-order valence-corrected chi connectivity index (χ4v) is 0.398. The zero-order valence-electron chi connectivity index (χ0n) is 6.77. The van der Waals surface area contributed by atoms with Crippen LogP contribution in [0.5, 0.6) is 0 Å². The van der Waals surface area contributed by atoms with Gasteiger partial charge in [0.2, 0.25) is 5.71 Å². The van der Waals surface area contributed by atoms with Crippen molar-refractivity contribution >= 4 is 17.7 Å². The predicted molar refractivity (Wildman–Crippen MR) is 40.8 cm³/mol. The summed E-state index contributed by atoms with van der Waals surface area (Å²) in [6.07, 6.45) is -1.55. The van der Waals surface area contributed by atoms with Gasteiger partial charge in [0.25, 0.3) is 5.91 Å². The lowest BCUT2D eigenvalue weighted by molar-refractivity contribution is -0.114. The van der Waals surface area contributed by atoms with Crippen LogP contribution in [0.4, 0.5) is 4.79 Å². The largest absolute Gasteiger partial charge is 0.465 e. The number of oxime groups is 1. The molecule has 0 unspecified atom stereocenters. The van der Waals surface area contributed by atoms with Crippen LogP contribution in [0.15, 0.2) is 5.16 Å². The van der Waals surface area contributed by atoms with Crippen LogP contribution in [-0.2, 0) is 9.63 Å². The molecule has 70 valence electrons. The number of nitriles is 1. The lowest BCUT2D eigenvalue weighted by atomic mass is 10.4. The molecular weight excluding hydrogens is 178 g/mol. The summed E-state index contributed by atoms with van der Waals surface area (Å²) in [6.45, 7) is 1.79. The number of hydrogen-bond acceptors (Lipinski definition) is 5. The maximum atomic E-state index is 10.8. The summed E-state index contributed by atoms with van der Waals surface area (Å²) in [7, 11) is 0. The van der Waals surface area contributed by atoms with Crippen LogP contribution in [-0.4, -0.2) is 29.4 Å². The minimum absolute atomic E-state index is 0.186. The fourth-order valence-electron chi connectivity index (χ4n) is 0.398. The van der Waals surface area contributed by atoms with E-state index in [9.17, 15) is 9.59 Å². The molecule has 7 heteroatoms. The molecule has 2 N–H and O–H groups in total. The number of nitrogens with one attached hydrogen (secondary N) is 1. The van der Waals surface area contributed by atoms with Gasteiger partial charge in [0.05, 0.1) is 0 Å². The zero-order chi connectivity index (χ0) is 10.3. The lowest BCUT2D eigenvalue weighted by Crippen LogP contribution is -2.34. The van der Waals surface area contributed by atoms with Crippen LogP contribution in [0, 0.1) is 11.3 Å². The average Bonchev–Trinajstić information content (AvgIpc) is 2.04. The molecule has 0 bridgehead atoms. The van der Waals surface area contributed by atoms with Gasteiger partial charge in [0.15, 0.2) is 0 Å². The Balaban J connectivity index is 4.34. The quantitative estimate of drug-likeness (QED) is 0.463. The Hall–Kier alpha value is -2.10. The van der Waals surface area contributed by atoms with E-state index in [2.05, 4.69) is 9.99 Å². The van der Waals surface area contributed by atoms with Crippen molar-refractivity contribution in [3.63, 3.8) is 0 Å². The van der Waals surface area contributed by atoms with E-state index in [1.54, 1.807) is 6.92 Å². The van der Waals surface area contributed by atoms with Crippen molar-refractivity contribution < 1.29 is 19.5 Å². The molecule has 7 nitrogen and oxygen atoms in total. The highest BCUT2D eigenvalue weighted by molar-refractivity contribution is 6.46. The predicted octanol–water partition coefficient (Wildman–Crippen LogP) is -0.303. The zero-order valence-corrected chi connectivity index (χ0v) is 6.77. The Morgan fingerprint density at radius 2 is 2.31 bits per heavy atom. The number of carbonyl (C=O) groups excluding carboxylic acids is 1. The Kier molecular flexibility index (Phi) is 4.64. The molecule has 0 saturated carbocycles. The molecule has 0 aromatic carbocycles. The first-order valence-electron chi connectivity index (χ1n) is 3.26. The molecule has 0 aromatic heterocycles. The number of amides is 2. The standard InChI is InChI=1S/C6H7N3O4/c1-2-13-9-4(3-7)5(10)8-6(11)12/h2H2,1H3,(H,8,10)(H,11,12). The van der Waals surface area contributed by atoms with E-state index in [1.807, 2.05) is 0 Å². The third-order valence-electron chi connectivity index (χ3n) is 0.826. The van der Waals surface area contributed by atoms with Gasteiger partial charge >= 0.3 is 6.09 Å². The smallest absolute Gasteiger partial charge is 0.411 e. The molecule has 0 aliphatic rings. The molecular formula is C6H7N3O4. The van der Waals surface area contributed by atoms with Gasteiger partial charge in [-0.1, -0.05) is 5.16 Å². The molecule has 0 aromatic rings. The lowest BCUT2D eigenvalue weighted by Gasteiger charge is -1.96. The SMILES string of the molecule is CCON=C(C#N)C(=O)NC(=O)O. The highest BCUT2D eigenvalue weighted by Gasteiger charge is 2.13. The summed E-state index contributed by atoms with van der Waals surface area (Å²) in [5, 5.41) is 21.0. The van der Waals surface area contributed by atoms with Crippen molar-refractivity contribution in [3.05, 3.63) is 0 Å². The third kappa shape index (κ3) is 4.36. The average molecular weight is 185 g/mol. The maximum absolute atomic E-state index is 10.8. The van der Waals surface area contributed by atoms with Gasteiger partial charge < -0.3 is 9.94 Å². The second-order valence-corrected chi connectivity index (χ2v) is 1.73. The number of imide groups is 1. The normalized spacial score (nSPS) is 10.0. The first-order valence-corrected chi connectivity index (χ1v) is 3.26. The van der Waals surface area contributed by atoms with E-state index in [-0.39, 0.29) is 6.61 Å². The molecule has 0 aliphatic heterocycles. The van der Waals surface area contributed by atoms with Crippen molar-refractivity contribution in [1.82, 2.24) is 5.32 Å². The first kappa shape index (κ1) is 10.9. The Labute approximate surface area is 73.6 Å². The van der Waals surface area contributed by atoms with Crippen molar-refractivity contribution in [2.24, 2.45) is 5.16 Å². The molecule has 0 fully saturated rings. The summed E-state index contributed by atoms with van der Waals surface area (Å²) in [5.41, 5.74) is -0.635. The van der Waals surface area contributed by atoms with E-state index in [4.69, 9.17) is 10.4 Å². The number of carbonyl (C=O) groups is 2. The molecule has 0 saturated heterocycles. The summed E-state index contributed by atoms with van der Waals surface area (Å²) in [6, 6.07) is 1.39. The van der Waals surface area contributed by atoms with E-state index in [1.165, 1.54) is 11.4 Å². The Bertz CT molecular complexity index is 278. The van der Waals surface area contributed by atoms with Crippen LogP contribution in [0.2, 0.25) is 0 Å². The van der Waals surface area contributed by atoms with E-state index < -0.39 is 17.7 Å². The van der Waals surface area contributed by atoms with Crippen LogP contribution >= 0.6 is 0 Å². The van der Waals surface area contributed by atoms with Gasteiger partial charge in [-0.05, 0) is 6.92 Å². The summed E-state index contributed by atoms with van der Waals surface area (Å²) in [4.78, 5) is 25.1.